The standard InChI is InChI=1S/C24H22N4O5S/c1-14(29)15-5-2-6-16(11-15)26-19(30)13-27-20-18-8-3-9-25-22(18)34-21(20)23(31)28(24(27)32)12-17-7-4-10-33-17/h2-3,5-6,8-9,11,17H,4,7,10,12-13H2,1H3,(H,26,30)/t17-/m0/s1. The number of amides is 1. The van der Waals surface area contributed by atoms with Gasteiger partial charge in [-0.1, -0.05) is 12.1 Å². The lowest BCUT2D eigenvalue weighted by Crippen LogP contribution is -2.43. The highest BCUT2D eigenvalue weighted by molar-refractivity contribution is 7.25. The van der Waals surface area contributed by atoms with E-state index in [1.165, 1.54) is 22.8 Å². The maximum absolute atomic E-state index is 13.5. The number of thiophene rings is 1. The minimum absolute atomic E-state index is 0.118. The van der Waals surface area contributed by atoms with E-state index in [0.29, 0.717) is 38.3 Å². The number of fused-ring (bicyclic) bond motifs is 3. The molecule has 1 atom stereocenters. The van der Waals surface area contributed by atoms with E-state index in [-0.39, 0.29) is 25.0 Å². The quantitative estimate of drug-likeness (QED) is 0.427. The number of carbonyl (C=O) groups excluding carboxylic acids is 2. The van der Waals surface area contributed by atoms with Gasteiger partial charge in [-0.2, -0.15) is 0 Å². The molecule has 0 spiro atoms. The number of ketones is 1. The van der Waals surface area contributed by atoms with Crippen molar-refractivity contribution < 1.29 is 14.3 Å². The van der Waals surface area contributed by atoms with E-state index >= 15 is 0 Å². The second kappa shape index (κ2) is 8.96. The summed E-state index contributed by atoms with van der Waals surface area (Å²) < 4.78 is 8.51. The molecule has 10 heteroatoms. The minimum atomic E-state index is -0.566. The summed E-state index contributed by atoms with van der Waals surface area (Å²) in [6.45, 7) is 1.89. The molecule has 1 aliphatic rings. The molecule has 3 aromatic heterocycles. The SMILES string of the molecule is CC(=O)c1cccc(NC(=O)Cn2c(=O)n(C[C@@H]3CCCO3)c(=O)c3sc4ncccc4c32)c1. The van der Waals surface area contributed by atoms with E-state index in [2.05, 4.69) is 10.3 Å². The number of anilines is 1. The molecule has 1 aliphatic heterocycles. The summed E-state index contributed by atoms with van der Waals surface area (Å²) in [6, 6.07) is 10.1. The fourth-order valence-electron chi connectivity index (χ4n) is 4.24. The number of nitrogens with one attached hydrogen (secondary N) is 1. The van der Waals surface area contributed by atoms with E-state index < -0.39 is 17.2 Å². The summed E-state index contributed by atoms with van der Waals surface area (Å²) in [5, 5.41) is 3.40. The third-order valence-corrected chi connectivity index (χ3v) is 6.97. The minimum Gasteiger partial charge on any atom is -0.376 e. The van der Waals surface area contributed by atoms with E-state index in [1.807, 2.05) is 0 Å². The second-order valence-electron chi connectivity index (χ2n) is 8.24. The monoisotopic (exact) mass is 478 g/mol. The van der Waals surface area contributed by atoms with E-state index in [1.54, 1.807) is 42.6 Å². The molecule has 1 aromatic carbocycles. The van der Waals surface area contributed by atoms with Gasteiger partial charge >= 0.3 is 5.69 Å². The zero-order chi connectivity index (χ0) is 23.8. The normalized spacial score (nSPS) is 15.7. The number of carbonyl (C=O) groups is 2. The van der Waals surface area contributed by atoms with Crippen LogP contribution in [0.1, 0.15) is 30.1 Å². The van der Waals surface area contributed by atoms with Crippen molar-refractivity contribution in [2.75, 3.05) is 11.9 Å². The van der Waals surface area contributed by atoms with Gasteiger partial charge in [-0.05, 0) is 44.0 Å². The molecular weight excluding hydrogens is 456 g/mol. The lowest BCUT2D eigenvalue weighted by Gasteiger charge is -2.15. The fourth-order valence-corrected chi connectivity index (χ4v) is 5.34. The molecule has 1 N–H and O–H groups in total. The van der Waals surface area contributed by atoms with Crippen LogP contribution in [0.25, 0.3) is 20.4 Å². The number of nitrogens with zero attached hydrogens (tertiary/aromatic N) is 3. The third-order valence-electron chi connectivity index (χ3n) is 5.88. The molecule has 0 radical (unpaired) electrons. The van der Waals surface area contributed by atoms with E-state index in [9.17, 15) is 19.2 Å². The number of ether oxygens (including phenoxy) is 1. The topological polar surface area (TPSA) is 112 Å². The molecule has 0 unspecified atom stereocenters. The second-order valence-corrected chi connectivity index (χ2v) is 9.24. The van der Waals surface area contributed by atoms with Crippen LogP contribution in [0.3, 0.4) is 0 Å². The van der Waals surface area contributed by atoms with Gasteiger partial charge in [0.25, 0.3) is 5.56 Å². The van der Waals surface area contributed by atoms with Crippen LogP contribution >= 0.6 is 11.3 Å². The van der Waals surface area contributed by atoms with Crippen LogP contribution in [-0.4, -0.2) is 38.5 Å². The van der Waals surface area contributed by atoms with Gasteiger partial charge in [0.2, 0.25) is 5.91 Å². The first-order valence-electron chi connectivity index (χ1n) is 11.0. The smallest absolute Gasteiger partial charge is 0.332 e. The van der Waals surface area contributed by atoms with Gasteiger partial charge in [0.05, 0.1) is 18.2 Å². The molecule has 4 aromatic rings. The molecule has 34 heavy (non-hydrogen) atoms. The van der Waals surface area contributed by atoms with Crippen molar-refractivity contribution in [1.29, 1.82) is 0 Å². The van der Waals surface area contributed by atoms with E-state index in [4.69, 9.17) is 4.74 Å². The molecule has 1 amide bonds. The van der Waals surface area contributed by atoms with E-state index in [0.717, 1.165) is 17.4 Å². The van der Waals surface area contributed by atoms with Gasteiger partial charge in [0.15, 0.2) is 5.78 Å². The Hall–Kier alpha value is -3.63. The highest BCUT2D eigenvalue weighted by Crippen LogP contribution is 2.29. The van der Waals surface area contributed by atoms with Crippen molar-refractivity contribution >= 4 is 49.1 Å². The number of Topliss-reactive ketones (excluding diaryl/α,β-unsaturated/α-hetero) is 1. The van der Waals surface area contributed by atoms with Crippen molar-refractivity contribution in [3.05, 3.63) is 69.0 Å². The van der Waals surface area contributed by atoms with Gasteiger partial charge in [-0.15, -0.1) is 11.3 Å². The summed E-state index contributed by atoms with van der Waals surface area (Å²) in [5.41, 5.74) is 0.358. The Morgan fingerprint density at radius 3 is 2.82 bits per heavy atom. The van der Waals surface area contributed by atoms with Gasteiger partial charge in [0, 0.05) is 29.4 Å². The van der Waals surface area contributed by atoms with Crippen LogP contribution in [-0.2, 0) is 22.6 Å². The maximum atomic E-state index is 13.5. The molecule has 0 saturated carbocycles. The first-order chi connectivity index (χ1) is 16.4. The van der Waals surface area contributed by atoms with Crippen molar-refractivity contribution in [1.82, 2.24) is 14.1 Å². The van der Waals surface area contributed by atoms with Crippen molar-refractivity contribution in [3.63, 3.8) is 0 Å². The summed E-state index contributed by atoms with van der Waals surface area (Å²) in [4.78, 5) is 56.4. The zero-order valence-corrected chi connectivity index (χ0v) is 19.3. The van der Waals surface area contributed by atoms with Gasteiger partial charge in [0.1, 0.15) is 16.1 Å². The summed E-state index contributed by atoms with van der Waals surface area (Å²) in [6.07, 6.45) is 3.06. The summed E-state index contributed by atoms with van der Waals surface area (Å²) in [7, 11) is 0. The van der Waals surface area contributed by atoms with Crippen molar-refractivity contribution in [2.45, 2.75) is 39.0 Å². The number of pyridine rings is 1. The first-order valence-corrected chi connectivity index (χ1v) is 11.8. The molecule has 0 aliphatic carbocycles. The Kier molecular flexibility index (Phi) is 5.84. The van der Waals surface area contributed by atoms with Crippen LogP contribution in [0, 0.1) is 0 Å². The number of rotatable bonds is 6. The van der Waals surface area contributed by atoms with Crippen LogP contribution in [0.5, 0.6) is 0 Å². The molecular formula is C24H22N4O5S. The molecule has 1 fully saturated rings. The van der Waals surface area contributed by atoms with Crippen molar-refractivity contribution in [2.24, 2.45) is 0 Å². The van der Waals surface area contributed by atoms with Crippen LogP contribution in [0.15, 0.2) is 52.2 Å². The predicted octanol–water partition coefficient (Wildman–Crippen LogP) is 2.79. The van der Waals surface area contributed by atoms with Gasteiger partial charge in [-0.25, -0.2) is 9.78 Å². The third kappa shape index (κ3) is 4.06. The lowest BCUT2D eigenvalue weighted by molar-refractivity contribution is -0.116. The number of benzene rings is 1. The number of hydrogen-bond acceptors (Lipinski definition) is 7. The largest absolute Gasteiger partial charge is 0.376 e. The Labute approximate surface area is 197 Å². The highest BCUT2D eigenvalue weighted by atomic mass is 32.1. The predicted molar refractivity (Wildman–Crippen MR) is 130 cm³/mol. The Bertz CT molecular complexity index is 1540. The van der Waals surface area contributed by atoms with Gasteiger partial charge < -0.3 is 10.1 Å². The molecule has 5 rings (SSSR count). The zero-order valence-electron chi connectivity index (χ0n) is 18.4. The molecule has 9 nitrogen and oxygen atoms in total. The number of aromatic nitrogens is 3. The summed E-state index contributed by atoms with van der Waals surface area (Å²) >= 11 is 1.21. The van der Waals surface area contributed by atoms with Crippen LogP contribution in [0.2, 0.25) is 0 Å². The number of hydrogen-bond donors (Lipinski definition) is 1. The Morgan fingerprint density at radius 1 is 1.21 bits per heavy atom. The van der Waals surface area contributed by atoms with Crippen LogP contribution < -0.4 is 16.6 Å². The molecule has 4 heterocycles. The van der Waals surface area contributed by atoms with Crippen molar-refractivity contribution in [3.8, 4) is 0 Å². The molecule has 174 valence electrons. The molecule has 0 bridgehead atoms. The average Bonchev–Trinajstić information content (AvgIpc) is 3.47. The lowest BCUT2D eigenvalue weighted by atomic mass is 10.1. The Morgan fingerprint density at radius 2 is 2.06 bits per heavy atom. The average molecular weight is 479 g/mol. The molecule has 1 saturated heterocycles. The summed E-state index contributed by atoms with van der Waals surface area (Å²) in [5.74, 6) is -0.567. The van der Waals surface area contributed by atoms with Gasteiger partial charge in [-0.3, -0.25) is 23.5 Å². The first kappa shape index (κ1) is 22.2. The Balaban J connectivity index is 1.59. The maximum Gasteiger partial charge on any atom is 0.332 e. The van der Waals surface area contributed by atoms with Crippen LogP contribution in [0.4, 0.5) is 5.69 Å². The highest BCUT2D eigenvalue weighted by Gasteiger charge is 2.24. The fraction of sp³-hybridized carbons (Fsp3) is 0.292.